The maximum absolute atomic E-state index is 12.6. The second-order valence-electron chi connectivity index (χ2n) is 5.20. The number of aryl methyl sites for hydroxylation is 1. The first kappa shape index (κ1) is 18.0. The number of Topliss-reactive ketones (excluding diaryl/α,β-unsaturated/α-hetero) is 1. The summed E-state index contributed by atoms with van der Waals surface area (Å²) in [6.07, 6.45) is -8.92. The van der Waals surface area contributed by atoms with E-state index in [0.717, 1.165) is 30.3 Å². The fourth-order valence-corrected chi connectivity index (χ4v) is 2.13. The van der Waals surface area contributed by atoms with Gasteiger partial charge in [-0.05, 0) is 36.2 Å². The van der Waals surface area contributed by atoms with Crippen LogP contribution in [0.3, 0.4) is 0 Å². The summed E-state index contributed by atoms with van der Waals surface area (Å²) in [5, 5.41) is 0. The molecule has 0 N–H and O–H groups in total. The quantitative estimate of drug-likeness (QED) is 0.525. The molecule has 0 amide bonds. The zero-order valence-corrected chi connectivity index (χ0v) is 12.2. The van der Waals surface area contributed by atoms with Gasteiger partial charge >= 0.3 is 12.4 Å². The Morgan fingerprint density at radius 3 is 1.92 bits per heavy atom. The molecule has 0 saturated carbocycles. The Morgan fingerprint density at radius 2 is 1.38 bits per heavy atom. The Hall–Kier alpha value is -2.31. The molecule has 2 rings (SSSR count). The van der Waals surface area contributed by atoms with Crippen molar-refractivity contribution in [3.8, 4) is 0 Å². The average Bonchev–Trinajstić information content (AvgIpc) is 2.51. The van der Waals surface area contributed by atoms with Crippen LogP contribution in [-0.4, -0.2) is 5.78 Å². The van der Waals surface area contributed by atoms with Crippen LogP contribution in [0.1, 0.15) is 33.5 Å². The minimum Gasteiger partial charge on any atom is -0.294 e. The number of carbonyl (C=O) groups excluding carboxylic acids is 1. The van der Waals surface area contributed by atoms with E-state index in [1.54, 1.807) is 0 Å². The van der Waals surface area contributed by atoms with Gasteiger partial charge in [-0.1, -0.05) is 24.3 Å². The zero-order chi connectivity index (χ0) is 18.0. The number of rotatable bonds is 4. The standard InChI is InChI=1S/C17H12F6O/c18-16(19,20)13-7-4-11(5-8-13)6-9-15(24)12-2-1-3-14(10-12)17(21,22)23/h1-5,7-8,10H,6,9H2. The molecule has 0 unspecified atom stereocenters. The number of hydrogen-bond donors (Lipinski definition) is 0. The monoisotopic (exact) mass is 346 g/mol. The molecule has 0 radical (unpaired) electrons. The molecule has 0 atom stereocenters. The molecular formula is C17H12F6O. The normalized spacial score (nSPS) is 12.2. The first-order valence-corrected chi connectivity index (χ1v) is 6.94. The summed E-state index contributed by atoms with van der Waals surface area (Å²) in [7, 11) is 0. The Kier molecular flexibility index (Phi) is 5.01. The summed E-state index contributed by atoms with van der Waals surface area (Å²) in [5.41, 5.74) is -1.28. The third kappa shape index (κ3) is 4.59. The predicted octanol–water partition coefficient (Wildman–Crippen LogP) is 5.54. The molecule has 24 heavy (non-hydrogen) atoms. The van der Waals surface area contributed by atoms with E-state index in [9.17, 15) is 31.1 Å². The summed E-state index contributed by atoms with van der Waals surface area (Å²) in [6, 6.07) is 8.39. The van der Waals surface area contributed by atoms with Crippen molar-refractivity contribution < 1.29 is 31.1 Å². The molecule has 7 heteroatoms. The van der Waals surface area contributed by atoms with Gasteiger partial charge in [-0.25, -0.2) is 0 Å². The van der Waals surface area contributed by atoms with Gasteiger partial charge in [0.2, 0.25) is 0 Å². The van der Waals surface area contributed by atoms with Crippen molar-refractivity contribution >= 4 is 5.78 Å². The maximum Gasteiger partial charge on any atom is 0.416 e. The summed E-state index contributed by atoms with van der Waals surface area (Å²) in [4.78, 5) is 12.0. The van der Waals surface area contributed by atoms with Crippen molar-refractivity contribution in [3.05, 3.63) is 70.8 Å². The molecule has 0 aliphatic heterocycles. The molecule has 0 aliphatic carbocycles. The molecule has 0 aliphatic rings. The van der Waals surface area contributed by atoms with Gasteiger partial charge in [-0.3, -0.25) is 4.79 Å². The van der Waals surface area contributed by atoms with Gasteiger partial charge in [0, 0.05) is 12.0 Å². The first-order chi connectivity index (χ1) is 11.1. The number of ketones is 1. The molecule has 0 heterocycles. The van der Waals surface area contributed by atoms with Gasteiger partial charge in [0.25, 0.3) is 0 Å². The van der Waals surface area contributed by atoms with E-state index in [-0.39, 0.29) is 18.4 Å². The lowest BCUT2D eigenvalue weighted by atomic mass is 10.0. The summed E-state index contributed by atoms with van der Waals surface area (Å²) >= 11 is 0. The van der Waals surface area contributed by atoms with Crippen LogP contribution in [-0.2, 0) is 18.8 Å². The second-order valence-corrected chi connectivity index (χ2v) is 5.20. The molecule has 1 nitrogen and oxygen atoms in total. The van der Waals surface area contributed by atoms with Gasteiger partial charge in [0.15, 0.2) is 5.78 Å². The third-order valence-electron chi connectivity index (χ3n) is 3.43. The van der Waals surface area contributed by atoms with Gasteiger partial charge in [-0.15, -0.1) is 0 Å². The lowest BCUT2D eigenvalue weighted by Crippen LogP contribution is -2.08. The van der Waals surface area contributed by atoms with E-state index in [1.165, 1.54) is 18.2 Å². The van der Waals surface area contributed by atoms with Crippen LogP contribution in [0.5, 0.6) is 0 Å². The summed E-state index contributed by atoms with van der Waals surface area (Å²) < 4.78 is 75.2. The Bertz CT molecular complexity index is 713. The van der Waals surface area contributed by atoms with Crippen molar-refractivity contribution in [2.24, 2.45) is 0 Å². The molecule has 0 aromatic heterocycles. The number of alkyl halides is 6. The van der Waals surface area contributed by atoms with E-state index < -0.39 is 29.3 Å². The van der Waals surface area contributed by atoms with Crippen LogP contribution in [0.2, 0.25) is 0 Å². The van der Waals surface area contributed by atoms with E-state index >= 15 is 0 Å². The van der Waals surface area contributed by atoms with E-state index in [1.807, 2.05) is 0 Å². The SMILES string of the molecule is O=C(CCc1ccc(C(F)(F)F)cc1)c1cccc(C(F)(F)F)c1. The van der Waals surface area contributed by atoms with E-state index in [0.29, 0.717) is 5.56 Å². The molecule has 0 saturated heterocycles. The van der Waals surface area contributed by atoms with Crippen LogP contribution in [0.15, 0.2) is 48.5 Å². The van der Waals surface area contributed by atoms with Gasteiger partial charge in [0.05, 0.1) is 11.1 Å². The molecule has 2 aromatic rings. The van der Waals surface area contributed by atoms with Gasteiger partial charge in [0.1, 0.15) is 0 Å². The highest BCUT2D eigenvalue weighted by Gasteiger charge is 2.31. The topological polar surface area (TPSA) is 17.1 Å². The van der Waals surface area contributed by atoms with Crippen LogP contribution in [0.4, 0.5) is 26.3 Å². The Morgan fingerprint density at radius 1 is 0.792 bits per heavy atom. The fourth-order valence-electron chi connectivity index (χ4n) is 2.13. The minimum atomic E-state index is -4.54. The molecule has 0 spiro atoms. The Balaban J connectivity index is 2.03. The summed E-state index contributed by atoms with van der Waals surface area (Å²) in [5.74, 6) is -0.499. The predicted molar refractivity (Wildman–Crippen MR) is 75.5 cm³/mol. The van der Waals surface area contributed by atoms with Crippen molar-refractivity contribution in [2.75, 3.05) is 0 Å². The van der Waals surface area contributed by atoms with Crippen LogP contribution in [0.25, 0.3) is 0 Å². The smallest absolute Gasteiger partial charge is 0.294 e. The maximum atomic E-state index is 12.6. The number of hydrogen-bond acceptors (Lipinski definition) is 1. The van der Waals surface area contributed by atoms with E-state index in [2.05, 4.69) is 0 Å². The minimum absolute atomic E-state index is 0.0725. The highest BCUT2D eigenvalue weighted by molar-refractivity contribution is 5.96. The van der Waals surface area contributed by atoms with Crippen LogP contribution >= 0.6 is 0 Å². The third-order valence-corrected chi connectivity index (χ3v) is 3.43. The second kappa shape index (κ2) is 6.67. The van der Waals surface area contributed by atoms with Crippen LogP contribution in [0, 0.1) is 0 Å². The molecule has 2 aromatic carbocycles. The van der Waals surface area contributed by atoms with E-state index in [4.69, 9.17) is 0 Å². The van der Waals surface area contributed by atoms with Gasteiger partial charge < -0.3 is 0 Å². The first-order valence-electron chi connectivity index (χ1n) is 6.94. The van der Waals surface area contributed by atoms with Gasteiger partial charge in [-0.2, -0.15) is 26.3 Å². The largest absolute Gasteiger partial charge is 0.416 e. The lowest BCUT2D eigenvalue weighted by molar-refractivity contribution is -0.138. The molecular weight excluding hydrogens is 334 g/mol. The van der Waals surface area contributed by atoms with Crippen LogP contribution < -0.4 is 0 Å². The van der Waals surface area contributed by atoms with Crippen molar-refractivity contribution in [3.63, 3.8) is 0 Å². The van der Waals surface area contributed by atoms with Crippen molar-refractivity contribution in [1.82, 2.24) is 0 Å². The number of carbonyl (C=O) groups is 1. The average molecular weight is 346 g/mol. The highest BCUT2D eigenvalue weighted by Crippen LogP contribution is 2.30. The highest BCUT2D eigenvalue weighted by atomic mass is 19.4. The molecule has 0 fully saturated rings. The zero-order valence-electron chi connectivity index (χ0n) is 12.2. The number of benzene rings is 2. The summed E-state index contributed by atoms with van der Waals surface area (Å²) in [6.45, 7) is 0. The Labute approximate surface area is 133 Å². The number of halogens is 6. The molecule has 0 bridgehead atoms. The van der Waals surface area contributed by atoms with Crippen molar-refractivity contribution in [1.29, 1.82) is 0 Å². The lowest BCUT2D eigenvalue weighted by Gasteiger charge is -2.09. The van der Waals surface area contributed by atoms with Crippen molar-refractivity contribution in [2.45, 2.75) is 25.2 Å². The fraction of sp³-hybridized carbons (Fsp3) is 0.235. The molecule has 128 valence electrons.